The molecule has 3 rings (SSSR count). The molecule has 3 unspecified atom stereocenters. The van der Waals surface area contributed by atoms with Gasteiger partial charge in [-0.05, 0) is 61.8 Å². The summed E-state index contributed by atoms with van der Waals surface area (Å²) in [7, 11) is 0. The van der Waals surface area contributed by atoms with Crippen LogP contribution >= 0.6 is 15.9 Å². The van der Waals surface area contributed by atoms with Gasteiger partial charge in [-0.15, -0.1) is 0 Å². The van der Waals surface area contributed by atoms with E-state index in [1.807, 2.05) is 0 Å². The van der Waals surface area contributed by atoms with Crippen LogP contribution in [0, 0.1) is 11.8 Å². The van der Waals surface area contributed by atoms with Crippen molar-refractivity contribution in [2.24, 2.45) is 11.8 Å². The second-order valence-corrected chi connectivity index (χ2v) is 6.45. The first-order valence-corrected chi connectivity index (χ1v) is 7.60. The third kappa shape index (κ3) is 2.58. The molecule has 1 nitrogen and oxygen atoms in total. The van der Waals surface area contributed by atoms with Crippen molar-refractivity contribution >= 4 is 15.9 Å². The van der Waals surface area contributed by atoms with Gasteiger partial charge in [-0.3, -0.25) is 0 Å². The van der Waals surface area contributed by atoms with E-state index in [1.54, 1.807) is 0 Å². The molecule has 2 fully saturated rings. The van der Waals surface area contributed by atoms with Crippen molar-refractivity contribution in [3.63, 3.8) is 0 Å². The van der Waals surface area contributed by atoms with E-state index in [0.29, 0.717) is 0 Å². The van der Waals surface area contributed by atoms with Gasteiger partial charge in [0.2, 0.25) is 0 Å². The summed E-state index contributed by atoms with van der Waals surface area (Å²) in [5, 5.41) is 3.73. The Kier molecular flexibility index (Phi) is 3.53. The van der Waals surface area contributed by atoms with Crippen LogP contribution in [-0.4, -0.2) is 12.6 Å². The summed E-state index contributed by atoms with van der Waals surface area (Å²) < 4.78 is 1.18. The van der Waals surface area contributed by atoms with Gasteiger partial charge >= 0.3 is 0 Å². The smallest absolute Gasteiger partial charge is 0.0175 e. The van der Waals surface area contributed by atoms with E-state index in [2.05, 4.69) is 45.5 Å². The Morgan fingerprint density at radius 1 is 1.18 bits per heavy atom. The van der Waals surface area contributed by atoms with Crippen LogP contribution in [0.2, 0.25) is 0 Å². The Labute approximate surface area is 112 Å². The topological polar surface area (TPSA) is 12.0 Å². The van der Waals surface area contributed by atoms with Crippen LogP contribution < -0.4 is 5.32 Å². The molecule has 2 heteroatoms. The van der Waals surface area contributed by atoms with Crippen LogP contribution in [-0.2, 0) is 6.42 Å². The molecule has 1 aliphatic carbocycles. The normalized spacial score (nSPS) is 31.7. The van der Waals surface area contributed by atoms with Gasteiger partial charge in [0.05, 0.1) is 0 Å². The molecule has 0 radical (unpaired) electrons. The first-order chi connectivity index (χ1) is 8.33. The second kappa shape index (κ2) is 5.11. The molecule has 1 aromatic rings. The highest BCUT2D eigenvalue weighted by Crippen LogP contribution is 2.38. The minimum Gasteiger partial charge on any atom is -0.313 e. The molecule has 1 saturated carbocycles. The van der Waals surface area contributed by atoms with Gasteiger partial charge in [0.25, 0.3) is 0 Å². The molecule has 1 N–H and O–H groups in total. The van der Waals surface area contributed by atoms with Gasteiger partial charge in [0.15, 0.2) is 0 Å². The van der Waals surface area contributed by atoms with Crippen molar-refractivity contribution in [2.45, 2.75) is 38.1 Å². The molecule has 1 saturated heterocycles. The standard InChI is InChI=1S/C15H20BrN/c16-13-7-4-11(5-8-13)6-9-15-14-3-1-2-12(14)10-17-15/h4-5,7-8,12,14-15,17H,1-3,6,9-10H2. The lowest BCUT2D eigenvalue weighted by Gasteiger charge is -2.18. The highest BCUT2D eigenvalue weighted by atomic mass is 79.9. The molecule has 92 valence electrons. The molecule has 0 bridgehead atoms. The zero-order valence-electron chi connectivity index (χ0n) is 10.2. The third-order valence-electron chi connectivity index (χ3n) is 4.53. The number of hydrogen-bond acceptors (Lipinski definition) is 1. The van der Waals surface area contributed by atoms with E-state index in [0.717, 1.165) is 17.9 Å². The van der Waals surface area contributed by atoms with E-state index < -0.39 is 0 Å². The Balaban J connectivity index is 1.56. The lowest BCUT2D eigenvalue weighted by atomic mass is 9.90. The van der Waals surface area contributed by atoms with Gasteiger partial charge in [0, 0.05) is 10.5 Å². The van der Waals surface area contributed by atoms with E-state index in [9.17, 15) is 0 Å². The lowest BCUT2D eigenvalue weighted by molar-refractivity contribution is 0.393. The number of fused-ring (bicyclic) bond motifs is 1. The van der Waals surface area contributed by atoms with E-state index in [-0.39, 0.29) is 0 Å². The molecule has 2 aliphatic rings. The van der Waals surface area contributed by atoms with Gasteiger partial charge in [-0.2, -0.15) is 0 Å². The largest absolute Gasteiger partial charge is 0.313 e. The minimum atomic E-state index is 0.783. The summed E-state index contributed by atoms with van der Waals surface area (Å²) in [6.07, 6.45) is 6.91. The second-order valence-electron chi connectivity index (χ2n) is 5.53. The maximum Gasteiger partial charge on any atom is 0.0175 e. The molecule has 1 heterocycles. The maximum absolute atomic E-state index is 3.73. The predicted molar refractivity (Wildman–Crippen MR) is 75.1 cm³/mol. The Hall–Kier alpha value is -0.340. The fourth-order valence-electron chi connectivity index (χ4n) is 3.59. The van der Waals surface area contributed by atoms with Crippen molar-refractivity contribution < 1.29 is 0 Å². The first kappa shape index (κ1) is 11.7. The highest BCUT2D eigenvalue weighted by Gasteiger charge is 2.38. The zero-order valence-corrected chi connectivity index (χ0v) is 11.7. The molecule has 0 spiro atoms. The van der Waals surface area contributed by atoms with E-state index >= 15 is 0 Å². The third-order valence-corrected chi connectivity index (χ3v) is 5.06. The summed E-state index contributed by atoms with van der Waals surface area (Å²) >= 11 is 3.49. The summed E-state index contributed by atoms with van der Waals surface area (Å²) in [4.78, 5) is 0. The summed E-state index contributed by atoms with van der Waals surface area (Å²) in [6.45, 7) is 1.27. The predicted octanol–water partition coefficient (Wildman–Crippen LogP) is 3.77. The molecule has 1 aliphatic heterocycles. The number of aryl methyl sites for hydroxylation is 1. The lowest BCUT2D eigenvalue weighted by Crippen LogP contribution is -2.27. The van der Waals surface area contributed by atoms with Crippen molar-refractivity contribution in [3.8, 4) is 0 Å². The highest BCUT2D eigenvalue weighted by molar-refractivity contribution is 9.10. The Morgan fingerprint density at radius 3 is 2.82 bits per heavy atom. The summed E-state index contributed by atoms with van der Waals surface area (Å²) in [6, 6.07) is 9.56. The number of rotatable bonds is 3. The van der Waals surface area contributed by atoms with Crippen LogP contribution in [0.1, 0.15) is 31.2 Å². The summed E-state index contributed by atoms with van der Waals surface area (Å²) in [5.41, 5.74) is 1.47. The molecule has 1 aromatic carbocycles. The first-order valence-electron chi connectivity index (χ1n) is 6.81. The number of halogens is 1. The van der Waals surface area contributed by atoms with Gasteiger partial charge in [-0.25, -0.2) is 0 Å². The van der Waals surface area contributed by atoms with Crippen LogP contribution in [0.5, 0.6) is 0 Å². The molecule has 3 atom stereocenters. The number of hydrogen-bond donors (Lipinski definition) is 1. The van der Waals surface area contributed by atoms with Crippen molar-refractivity contribution in [2.75, 3.05) is 6.54 Å². The quantitative estimate of drug-likeness (QED) is 0.895. The van der Waals surface area contributed by atoms with Gasteiger partial charge < -0.3 is 5.32 Å². The van der Waals surface area contributed by atoms with Gasteiger partial charge in [0.1, 0.15) is 0 Å². The van der Waals surface area contributed by atoms with Crippen LogP contribution in [0.4, 0.5) is 0 Å². The monoisotopic (exact) mass is 293 g/mol. The average Bonchev–Trinajstić information content (AvgIpc) is 2.91. The van der Waals surface area contributed by atoms with E-state index in [4.69, 9.17) is 0 Å². The zero-order chi connectivity index (χ0) is 11.7. The molecule has 17 heavy (non-hydrogen) atoms. The molecule has 0 aromatic heterocycles. The average molecular weight is 294 g/mol. The van der Waals surface area contributed by atoms with E-state index in [1.165, 1.54) is 48.7 Å². The van der Waals surface area contributed by atoms with Crippen LogP contribution in [0.25, 0.3) is 0 Å². The summed E-state index contributed by atoms with van der Waals surface area (Å²) in [5.74, 6) is 1.97. The van der Waals surface area contributed by atoms with Crippen molar-refractivity contribution in [1.82, 2.24) is 5.32 Å². The van der Waals surface area contributed by atoms with Crippen molar-refractivity contribution in [1.29, 1.82) is 0 Å². The molecular weight excluding hydrogens is 274 g/mol. The maximum atomic E-state index is 3.73. The number of nitrogens with one attached hydrogen (secondary N) is 1. The number of benzene rings is 1. The Bertz CT molecular complexity index is 373. The fourth-order valence-corrected chi connectivity index (χ4v) is 3.86. The van der Waals surface area contributed by atoms with Crippen molar-refractivity contribution in [3.05, 3.63) is 34.3 Å². The van der Waals surface area contributed by atoms with Crippen LogP contribution in [0.3, 0.4) is 0 Å². The molecule has 0 amide bonds. The van der Waals surface area contributed by atoms with Gasteiger partial charge in [-0.1, -0.05) is 34.5 Å². The minimum absolute atomic E-state index is 0.783. The fraction of sp³-hybridized carbons (Fsp3) is 0.600. The van der Waals surface area contributed by atoms with Crippen LogP contribution in [0.15, 0.2) is 28.7 Å². The molecular formula is C15H20BrN. The Morgan fingerprint density at radius 2 is 2.00 bits per heavy atom. The SMILES string of the molecule is Brc1ccc(CCC2NCC3CCCC32)cc1.